The molecule has 0 radical (unpaired) electrons. The van der Waals surface area contributed by atoms with Crippen LogP contribution in [-0.2, 0) is 9.59 Å². The summed E-state index contributed by atoms with van der Waals surface area (Å²) in [5.41, 5.74) is 2.12. The molecule has 0 bridgehead atoms. The van der Waals surface area contributed by atoms with Crippen molar-refractivity contribution in [3.8, 4) is 0 Å². The summed E-state index contributed by atoms with van der Waals surface area (Å²) in [4.78, 5) is 32.4. The summed E-state index contributed by atoms with van der Waals surface area (Å²) in [6, 6.07) is 19.9. The number of thiazole rings is 1. The molecule has 1 saturated heterocycles. The Morgan fingerprint density at radius 2 is 1.25 bits per heavy atom. The van der Waals surface area contributed by atoms with Crippen molar-refractivity contribution in [3.63, 3.8) is 0 Å². The maximum Gasteiger partial charge on any atom is 0.240 e. The van der Waals surface area contributed by atoms with Crippen LogP contribution in [0.2, 0.25) is 0 Å². The fourth-order valence-corrected chi connectivity index (χ4v) is 5.10. The van der Waals surface area contributed by atoms with Crippen LogP contribution in [-0.4, -0.2) is 16.8 Å². The van der Waals surface area contributed by atoms with E-state index in [0.717, 1.165) is 11.1 Å². The van der Waals surface area contributed by atoms with E-state index in [1.54, 1.807) is 11.6 Å². The maximum atomic E-state index is 13.4. The van der Waals surface area contributed by atoms with E-state index in [-0.39, 0.29) is 23.7 Å². The van der Waals surface area contributed by atoms with E-state index in [4.69, 9.17) is 0 Å². The van der Waals surface area contributed by atoms with Crippen LogP contribution in [0.4, 0.5) is 5.13 Å². The number of aromatic nitrogens is 1. The zero-order valence-corrected chi connectivity index (χ0v) is 15.8. The van der Waals surface area contributed by atoms with Gasteiger partial charge < -0.3 is 0 Å². The summed E-state index contributed by atoms with van der Waals surface area (Å²) in [5, 5.41) is 2.25. The Balaban J connectivity index is 1.64. The number of carbonyl (C=O) groups is 2. The Hall–Kier alpha value is -3.05. The Morgan fingerprint density at radius 1 is 0.750 bits per heavy atom. The van der Waals surface area contributed by atoms with Crippen molar-refractivity contribution in [2.75, 3.05) is 4.90 Å². The highest BCUT2D eigenvalue weighted by Gasteiger charge is 2.56. The molecule has 0 saturated carbocycles. The minimum Gasteiger partial charge on any atom is -0.274 e. The number of fused-ring (bicyclic) bond motifs is 1. The fourth-order valence-electron chi connectivity index (χ4n) is 4.45. The molecule has 2 aliphatic rings. The van der Waals surface area contributed by atoms with Crippen LogP contribution in [0, 0.1) is 11.8 Å². The molecule has 5 rings (SSSR count). The normalized spacial score (nSPS) is 26.5. The van der Waals surface area contributed by atoms with E-state index >= 15 is 0 Å². The number of benzene rings is 2. The van der Waals surface area contributed by atoms with Crippen LogP contribution in [0.5, 0.6) is 0 Å². The smallest absolute Gasteiger partial charge is 0.240 e. The molecule has 1 fully saturated rings. The molecule has 1 aliphatic carbocycles. The predicted octanol–water partition coefficient (Wildman–Crippen LogP) is 4.39. The molecule has 2 amide bonds. The standard InChI is InChI=1S/C23H18N2O2S/c26-21-19-17(15-7-3-1-4-8-15)11-12-18(16-9-5-2-6-10-16)20(19)22(27)25(21)23-24-13-14-28-23/h1-14,17-20H. The molecule has 2 aromatic carbocycles. The minimum atomic E-state index is -0.422. The number of imide groups is 1. The molecule has 1 aliphatic heterocycles. The van der Waals surface area contributed by atoms with E-state index in [0.29, 0.717) is 5.13 Å². The Kier molecular flexibility index (Phi) is 4.17. The molecule has 3 aromatic rings. The Labute approximate surface area is 167 Å². The third-order valence-corrected chi connectivity index (χ3v) is 6.43. The predicted molar refractivity (Wildman–Crippen MR) is 109 cm³/mol. The molecular formula is C23H18N2O2S. The maximum absolute atomic E-state index is 13.4. The SMILES string of the molecule is O=C1C2C(c3ccccc3)C=CC(c3ccccc3)C2C(=O)N1c1nccs1. The van der Waals surface area contributed by atoms with Crippen molar-refractivity contribution in [1.29, 1.82) is 0 Å². The summed E-state index contributed by atoms with van der Waals surface area (Å²) >= 11 is 1.32. The van der Waals surface area contributed by atoms with Crippen LogP contribution in [0.15, 0.2) is 84.4 Å². The third-order valence-electron chi connectivity index (χ3n) is 5.68. The third kappa shape index (κ3) is 2.62. The second-order valence-electron chi connectivity index (χ2n) is 7.14. The number of hydrogen-bond donors (Lipinski definition) is 0. The van der Waals surface area contributed by atoms with Gasteiger partial charge in [0.15, 0.2) is 5.13 Å². The lowest BCUT2D eigenvalue weighted by Gasteiger charge is -2.32. The van der Waals surface area contributed by atoms with Crippen molar-refractivity contribution in [3.05, 3.63) is 95.5 Å². The summed E-state index contributed by atoms with van der Waals surface area (Å²) in [7, 11) is 0. The number of hydrogen-bond acceptors (Lipinski definition) is 4. The number of nitrogens with zero attached hydrogens (tertiary/aromatic N) is 2. The molecule has 5 heteroatoms. The highest BCUT2D eigenvalue weighted by atomic mass is 32.1. The van der Waals surface area contributed by atoms with Gasteiger partial charge in [-0.15, -0.1) is 11.3 Å². The monoisotopic (exact) mass is 386 g/mol. The van der Waals surface area contributed by atoms with E-state index < -0.39 is 11.8 Å². The molecule has 4 nitrogen and oxygen atoms in total. The van der Waals surface area contributed by atoms with Gasteiger partial charge >= 0.3 is 0 Å². The number of amides is 2. The van der Waals surface area contributed by atoms with Gasteiger partial charge in [-0.1, -0.05) is 72.8 Å². The molecule has 0 spiro atoms. The average molecular weight is 386 g/mol. The highest BCUT2D eigenvalue weighted by Crippen LogP contribution is 2.50. The average Bonchev–Trinajstić information content (AvgIpc) is 3.36. The first kappa shape index (κ1) is 17.1. The summed E-state index contributed by atoms with van der Waals surface area (Å²) in [6.07, 6.45) is 5.83. The molecule has 138 valence electrons. The van der Waals surface area contributed by atoms with Gasteiger partial charge in [0.2, 0.25) is 11.8 Å². The van der Waals surface area contributed by atoms with E-state index in [1.807, 2.05) is 60.7 Å². The summed E-state index contributed by atoms with van der Waals surface area (Å²) in [5.74, 6) is -1.38. The molecule has 4 atom stereocenters. The quantitative estimate of drug-likeness (QED) is 0.496. The fraction of sp³-hybridized carbons (Fsp3) is 0.174. The van der Waals surface area contributed by atoms with Gasteiger partial charge in [0.1, 0.15) is 0 Å². The van der Waals surface area contributed by atoms with Crippen molar-refractivity contribution in [2.45, 2.75) is 11.8 Å². The van der Waals surface area contributed by atoms with Gasteiger partial charge in [0.05, 0.1) is 11.8 Å². The second-order valence-corrected chi connectivity index (χ2v) is 8.01. The first-order chi connectivity index (χ1) is 13.8. The Morgan fingerprint density at radius 3 is 1.68 bits per heavy atom. The molecule has 2 heterocycles. The lowest BCUT2D eigenvalue weighted by Crippen LogP contribution is -2.31. The highest BCUT2D eigenvalue weighted by molar-refractivity contribution is 7.14. The van der Waals surface area contributed by atoms with Gasteiger partial charge in [0.25, 0.3) is 0 Å². The van der Waals surface area contributed by atoms with Gasteiger partial charge in [0, 0.05) is 23.4 Å². The van der Waals surface area contributed by atoms with E-state index in [9.17, 15) is 9.59 Å². The Bertz CT molecular complexity index is 963. The van der Waals surface area contributed by atoms with E-state index in [2.05, 4.69) is 17.1 Å². The van der Waals surface area contributed by atoms with Crippen LogP contribution in [0.1, 0.15) is 23.0 Å². The molecule has 1 aromatic heterocycles. The first-order valence-corrected chi connectivity index (χ1v) is 10.2. The van der Waals surface area contributed by atoms with Gasteiger partial charge in [-0.3, -0.25) is 9.59 Å². The van der Waals surface area contributed by atoms with Crippen LogP contribution in [0.25, 0.3) is 0 Å². The molecular weight excluding hydrogens is 368 g/mol. The molecule has 28 heavy (non-hydrogen) atoms. The van der Waals surface area contributed by atoms with Gasteiger partial charge in [-0.05, 0) is 11.1 Å². The van der Waals surface area contributed by atoms with Crippen molar-refractivity contribution in [2.24, 2.45) is 11.8 Å². The van der Waals surface area contributed by atoms with Gasteiger partial charge in [-0.2, -0.15) is 0 Å². The first-order valence-electron chi connectivity index (χ1n) is 9.31. The number of rotatable bonds is 3. The topological polar surface area (TPSA) is 50.3 Å². The van der Waals surface area contributed by atoms with Crippen LogP contribution < -0.4 is 4.90 Å². The van der Waals surface area contributed by atoms with Crippen molar-refractivity contribution < 1.29 is 9.59 Å². The zero-order valence-electron chi connectivity index (χ0n) is 15.0. The lowest BCUT2D eigenvalue weighted by atomic mass is 9.68. The lowest BCUT2D eigenvalue weighted by molar-refractivity contribution is -0.122. The van der Waals surface area contributed by atoms with E-state index in [1.165, 1.54) is 16.2 Å². The van der Waals surface area contributed by atoms with Gasteiger partial charge in [-0.25, -0.2) is 9.88 Å². The number of allylic oxidation sites excluding steroid dienone is 2. The zero-order chi connectivity index (χ0) is 19.1. The summed E-state index contributed by atoms with van der Waals surface area (Å²) in [6.45, 7) is 0. The number of anilines is 1. The van der Waals surface area contributed by atoms with Crippen LogP contribution in [0.3, 0.4) is 0 Å². The largest absolute Gasteiger partial charge is 0.274 e. The van der Waals surface area contributed by atoms with Crippen molar-refractivity contribution in [1.82, 2.24) is 4.98 Å². The summed E-state index contributed by atoms with van der Waals surface area (Å²) < 4.78 is 0. The van der Waals surface area contributed by atoms with Crippen molar-refractivity contribution >= 4 is 28.3 Å². The van der Waals surface area contributed by atoms with Crippen LogP contribution >= 0.6 is 11.3 Å². The molecule has 4 unspecified atom stereocenters. The second kappa shape index (κ2) is 6.84. The molecule has 0 N–H and O–H groups in total. The number of carbonyl (C=O) groups excluding carboxylic acids is 2. The minimum absolute atomic E-state index is 0.118.